The summed E-state index contributed by atoms with van der Waals surface area (Å²) < 4.78 is 10.7. The van der Waals surface area contributed by atoms with Crippen LogP contribution in [0.15, 0.2) is 47.6 Å². The van der Waals surface area contributed by atoms with E-state index in [4.69, 9.17) is 9.47 Å². The topological polar surface area (TPSA) is 82.5 Å². The Bertz CT molecular complexity index is 813. The normalized spacial score (nSPS) is 14.3. The molecule has 0 bridgehead atoms. The highest BCUT2D eigenvalue weighted by atomic mass is 127. The SMILES string of the molecule is CN=C(NCc1cccnc1OCCOC)N1CCN(c2ccccc2O)CC1.I. The van der Waals surface area contributed by atoms with Crippen LogP contribution >= 0.6 is 24.0 Å². The van der Waals surface area contributed by atoms with Gasteiger partial charge < -0.3 is 29.7 Å². The monoisotopic (exact) mass is 527 g/mol. The van der Waals surface area contributed by atoms with Crippen LogP contribution in [0.2, 0.25) is 0 Å². The lowest BCUT2D eigenvalue weighted by molar-refractivity contribution is 0.143. The van der Waals surface area contributed by atoms with Crippen molar-refractivity contribution in [3.05, 3.63) is 48.2 Å². The smallest absolute Gasteiger partial charge is 0.218 e. The molecule has 1 aliphatic rings. The van der Waals surface area contributed by atoms with E-state index < -0.39 is 0 Å². The Hall–Kier alpha value is -2.27. The molecule has 1 fully saturated rings. The van der Waals surface area contributed by atoms with E-state index in [2.05, 4.69) is 25.1 Å². The number of aromatic nitrogens is 1. The van der Waals surface area contributed by atoms with E-state index in [9.17, 15) is 5.11 Å². The molecule has 1 aromatic carbocycles. The second kappa shape index (κ2) is 12.4. The number of piperazine rings is 1. The highest BCUT2D eigenvalue weighted by Crippen LogP contribution is 2.27. The second-order valence-corrected chi connectivity index (χ2v) is 6.67. The Balaban J connectivity index is 0.00000320. The van der Waals surface area contributed by atoms with Gasteiger partial charge in [-0.25, -0.2) is 4.98 Å². The first kappa shape index (κ1) is 24.0. The Morgan fingerprint density at radius 1 is 1.13 bits per heavy atom. The van der Waals surface area contributed by atoms with Gasteiger partial charge >= 0.3 is 0 Å². The maximum absolute atomic E-state index is 10.1. The van der Waals surface area contributed by atoms with Crippen molar-refractivity contribution in [3.8, 4) is 11.6 Å². The summed E-state index contributed by atoms with van der Waals surface area (Å²) in [5.74, 6) is 1.77. The number of nitrogens with zero attached hydrogens (tertiary/aromatic N) is 4. The molecule has 2 heterocycles. The number of ether oxygens (including phenoxy) is 2. The molecular weight excluding hydrogens is 497 g/mol. The lowest BCUT2D eigenvalue weighted by Crippen LogP contribution is -2.52. The Morgan fingerprint density at radius 3 is 2.60 bits per heavy atom. The molecular formula is C21H30IN5O3. The number of nitrogens with one attached hydrogen (secondary N) is 1. The molecule has 0 radical (unpaired) electrons. The van der Waals surface area contributed by atoms with Gasteiger partial charge in [-0.2, -0.15) is 0 Å². The summed E-state index contributed by atoms with van der Waals surface area (Å²) >= 11 is 0. The van der Waals surface area contributed by atoms with Gasteiger partial charge in [0.05, 0.1) is 12.3 Å². The summed E-state index contributed by atoms with van der Waals surface area (Å²) in [6, 6.07) is 11.3. The van der Waals surface area contributed by atoms with Crippen molar-refractivity contribution in [2.75, 3.05) is 58.5 Å². The van der Waals surface area contributed by atoms with Crippen LogP contribution in [0, 0.1) is 0 Å². The highest BCUT2D eigenvalue weighted by Gasteiger charge is 2.21. The first-order valence-electron chi connectivity index (χ1n) is 9.77. The second-order valence-electron chi connectivity index (χ2n) is 6.67. The van der Waals surface area contributed by atoms with Crippen LogP contribution in [-0.2, 0) is 11.3 Å². The van der Waals surface area contributed by atoms with Crippen molar-refractivity contribution in [3.63, 3.8) is 0 Å². The predicted octanol–water partition coefficient (Wildman–Crippen LogP) is 2.33. The summed E-state index contributed by atoms with van der Waals surface area (Å²) in [7, 11) is 3.43. The first-order chi connectivity index (χ1) is 14.2. The van der Waals surface area contributed by atoms with Crippen molar-refractivity contribution in [2.24, 2.45) is 4.99 Å². The molecule has 1 saturated heterocycles. The average molecular weight is 527 g/mol. The lowest BCUT2D eigenvalue weighted by Gasteiger charge is -2.37. The first-order valence-corrected chi connectivity index (χ1v) is 9.77. The van der Waals surface area contributed by atoms with Crippen LogP contribution < -0.4 is 15.0 Å². The number of methoxy groups -OCH3 is 1. The number of guanidine groups is 1. The number of rotatable bonds is 7. The highest BCUT2D eigenvalue weighted by molar-refractivity contribution is 14.0. The standard InChI is InChI=1S/C21H29N5O3.HI/c1-22-21(24-16-17-6-5-9-23-20(17)29-15-14-28-2)26-12-10-25(11-13-26)18-7-3-4-8-19(18)27;/h3-9,27H,10-16H2,1-2H3,(H,22,24);1H. The number of anilines is 1. The fourth-order valence-corrected chi connectivity index (χ4v) is 3.31. The van der Waals surface area contributed by atoms with Gasteiger partial charge in [0.25, 0.3) is 0 Å². The number of para-hydroxylation sites is 2. The van der Waals surface area contributed by atoms with E-state index in [1.807, 2.05) is 30.3 Å². The third-order valence-corrected chi connectivity index (χ3v) is 4.83. The summed E-state index contributed by atoms with van der Waals surface area (Å²) in [6.45, 7) is 4.82. The molecule has 2 aromatic rings. The van der Waals surface area contributed by atoms with Crippen LogP contribution in [0.1, 0.15) is 5.56 Å². The molecule has 0 unspecified atom stereocenters. The van der Waals surface area contributed by atoms with E-state index >= 15 is 0 Å². The van der Waals surface area contributed by atoms with E-state index in [1.54, 1.807) is 26.4 Å². The summed E-state index contributed by atoms with van der Waals surface area (Å²) in [5.41, 5.74) is 1.85. The lowest BCUT2D eigenvalue weighted by atomic mass is 10.2. The number of hydrogen-bond donors (Lipinski definition) is 2. The minimum Gasteiger partial charge on any atom is -0.506 e. The maximum atomic E-state index is 10.1. The zero-order valence-electron chi connectivity index (χ0n) is 17.5. The van der Waals surface area contributed by atoms with Crippen molar-refractivity contribution in [1.29, 1.82) is 0 Å². The molecule has 164 valence electrons. The molecule has 8 nitrogen and oxygen atoms in total. The molecule has 0 saturated carbocycles. The van der Waals surface area contributed by atoms with Crippen molar-refractivity contribution in [1.82, 2.24) is 15.2 Å². The predicted molar refractivity (Wildman–Crippen MR) is 129 cm³/mol. The molecule has 0 amide bonds. The molecule has 1 aliphatic heterocycles. The van der Waals surface area contributed by atoms with Gasteiger partial charge in [0.1, 0.15) is 12.4 Å². The maximum Gasteiger partial charge on any atom is 0.218 e. The minimum atomic E-state index is 0. The molecule has 0 atom stereocenters. The quantitative estimate of drug-likeness (QED) is 0.248. The van der Waals surface area contributed by atoms with Crippen LogP contribution in [0.25, 0.3) is 0 Å². The van der Waals surface area contributed by atoms with Gasteiger partial charge in [-0.1, -0.05) is 18.2 Å². The van der Waals surface area contributed by atoms with Crippen LogP contribution in [0.3, 0.4) is 0 Å². The number of phenols is 1. The van der Waals surface area contributed by atoms with Gasteiger partial charge in [-0.3, -0.25) is 4.99 Å². The van der Waals surface area contributed by atoms with Gasteiger partial charge in [0.15, 0.2) is 5.96 Å². The number of hydrogen-bond acceptors (Lipinski definition) is 6. The molecule has 0 aliphatic carbocycles. The number of phenolic OH excluding ortho intramolecular Hbond substituents is 1. The van der Waals surface area contributed by atoms with E-state index in [1.165, 1.54) is 0 Å². The minimum absolute atomic E-state index is 0. The third-order valence-electron chi connectivity index (χ3n) is 4.83. The molecule has 0 spiro atoms. The van der Waals surface area contributed by atoms with Gasteiger partial charge in [-0.15, -0.1) is 24.0 Å². The van der Waals surface area contributed by atoms with Crippen LogP contribution in [0.4, 0.5) is 5.69 Å². The Kier molecular flexibility index (Phi) is 9.95. The van der Waals surface area contributed by atoms with Crippen LogP contribution in [0.5, 0.6) is 11.6 Å². The molecule has 1 aromatic heterocycles. The van der Waals surface area contributed by atoms with E-state index in [0.717, 1.165) is 43.4 Å². The summed E-state index contributed by atoms with van der Waals surface area (Å²) in [6.07, 6.45) is 1.72. The summed E-state index contributed by atoms with van der Waals surface area (Å²) in [4.78, 5) is 13.2. The average Bonchev–Trinajstić information content (AvgIpc) is 2.76. The van der Waals surface area contributed by atoms with E-state index in [0.29, 0.717) is 31.4 Å². The molecule has 2 N–H and O–H groups in total. The summed E-state index contributed by atoms with van der Waals surface area (Å²) in [5, 5.41) is 13.5. The Labute approximate surface area is 194 Å². The molecule has 30 heavy (non-hydrogen) atoms. The van der Waals surface area contributed by atoms with Gasteiger partial charge in [-0.05, 0) is 18.2 Å². The molecule has 9 heteroatoms. The fraction of sp³-hybridized carbons (Fsp3) is 0.429. The van der Waals surface area contributed by atoms with Crippen molar-refractivity contribution in [2.45, 2.75) is 6.54 Å². The van der Waals surface area contributed by atoms with Crippen LogP contribution in [-0.4, -0.2) is 74.5 Å². The van der Waals surface area contributed by atoms with Gasteiger partial charge in [0, 0.05) is 58.6 Å². The number of pyridine rings is 1. The van der Waals surface area contributed by atoms with Crippen molar-refractivity contribution >= 4 is 35.6 Å². The third kappa shape index (κ3) is 6.36. The zero-order valence-corrected chi connectivity index (χ0v) is 19.8. The number of aromatic hydroxyl groups is 1. The van der Waals surface area contributed by atoms with Gasteiger partial charge in [0.2, 0.25) is 5.88 Å². The number of aliphatic imine (C=N–C) groups is 1. The fourth-order valence-electron chi connectivity index (χ4n) is 3.31. The molecule has 3 rings (SSSR count). The van der Waals surface area contributed by atoms with E-state index in [-0.39, 0.29) is 24.0 Å². The largest absolute Gasteiger partial charge is 0.506 e. The number of benzene rings is 1. The Morgan fingerprint density at radius 2 is 1.90 bits per heavy atom. The van der Waals surface area contributed by atoms with Crippen molar-refractivity contribution < 1.29 is 14.6 Å². The zero-order chi connectivity index (χ0) is 20.5. The number of halogens is 1.